The molecule has 28 heavy (non-hydrogen) atoms. The number of benzene rings is 2. The fourth-order valence-electron chi connectivity index (χ4n) is 2.97. The summed E-state index contributed by atoms with van der Waals surface area (Å²) in [5, 5.41) is 6.07. The molecule has 1 atom stereocenters. The van der Waals surface area contributed by atoms with Gasteiger partial charge in [0.25, 0.3) is 0 Å². The number of ether oxygens (including phenoxy) is 2. The van der Waals surface area contributed by atoms with Crippen LogP contribution < -0.4 is 15.4 Å². The van der Waals surface area contributed by atoms with Crippen LogP contribution in [0.1, 0.15) is 25.3 Å². The standard InChI is InChI=1S/C21H23ClN2O4/c1-14(25)23-17-7-4-15(5-8-17)11-21(26)24-19-12-16(22)6-9-20(19)28-13-18-3-2-10-27-18/h4-9,12,18H,2-3,10-11,13H2,1H3,(H,23,25)(H,24,26). The number of rotatable bonds is 7. The number of nitrogens with one attached hydrogen (secondary N) is 2. The number of carbonyl (C=O) groups excluding carboxylic acids is 2. The van der Waals surface area contributed by atoms with Crippen LogP contribution in [0.3, 0.4) is 0 Å². The van der Waals surface area contributed by atoms with E-state index in [9.17, 15) is 9.59 Å². The lowest BCUT2D eigenvalue weighted by Gasteiger charge is -2.15. The maximum Gasteiger partial charge on any atom is 0.228 e. The Hall–Kier alpha value is -2.57. The Morgan fingerprint density at radius 3 is 2.64 bits per heavy atom. The first-order chi connectivity index (χ1) is 13.5. The minimum atomic E-state index is -0.184. The lowest BCUT2D eigenvalue weighted by Crippen LogP contribution is -2.18. The first-order valence-corrected chi connectivity index (χ1v) is 9.58. The predicted octanol–water partition coefficient (Wildman–Crippen LogP) is 4.04. The molecule has 3 rings (SSSR count). The molecule has 1 aliphatic rings. The quantitative estimate of drug-likeness (QED) is 0.732. The Balaban J connectivity index is 1.60. The van der Waals surface area contributed by atoms with Gasteiger partial charge >= 0.3 is 0 Å². The Kier molecular flexibility index (Phi) is 6.90. The summed E-state index contributed by atoms with van der Waals surface area (Å²) in [6, 6.07) is 12.3. The highest BCUT2D eigenvalue weighted by Gasteiger charge is 2.17. The molecule has 2 aromatic rings. The highest BCUT2D eigenvalue weighted by atomic mass is 35.5. The summed E-state index contributed by atoms with van der Waals surface area (Å²) < 4.78 is 11.4. The van der Waals surface area contributed by atoms with Crippen molar-refractivity contribution in [3.63, 3.8) is 0 Å². The summed E-state index contributed by atoms with van der Waals surface area (Å²) in [4.78, 5) is 23.5. The Morgan fingerprint density at radius 1 is 1.18 bits per heavy atom. The fourth-order valence-corrected chi connectivity index (χ4v) is 3.15. The second-order valence-electron chi connectivity index (χ2n) is 6.69. The molecule has 0 saturated carbocycles. The van der Waals surface area contributed by atoms with E-state index in [1.165, 1.54) is 6.92 Å². The summed E-state index contributed by atoms with van der Waals surface area (Å²) >= 11 is 6.08. The van der Waals surface area contributed by atoms with Gasteiger partial charge in [0.1, 0.15) is 12.4 Å². The van der Waals surface area contributed by atoms with Crippen molar-refractivity contribution in [1.82, 2.24) is 0 Å². The SMILES string of the molecule is CC(=O)Nc1ccc(CC(=O)Nc2cc(Cl)ccc2OCC2CCCO2)cc1. The van der Waals surface area contributed by atoms with Crippen molar-refractivity contribution < 1.29 is 19.1 Å². The summed E-state index contributed by atoms with van der Waals surface area (Å²) in [6.07, 6.45) is 2.29. The van der Waals surface area contributed by atoms with E-state index in [0.29, 0.717) is 28.8 Å². The van der Waals surface area contributed by atoms with Gasteiger partial charge in [0.2, 0.25) is 11.8 Å². The molecular formula is C21H23ClN2O4. The Morgan fingerprint density at radius 2 is 1.96 bits per heavy atom. The lowest BCUT2D eigenvalue weighted by molar-refractivity contribution is -0.116. The molecule has 1 unspecified atom stereocenters. The molecule has 0 bridgehead atoms. The van der Waals surface area contributed by atoms with E-state index < -0.39 is 0 Å². The van der Waals surface area contributed by atoms with E-state index >= 15 is 0 Å². The zero-order valence-corrected chi connectivity index (χ0v) is 16.4. The summed E-state index contributed by atoms with van der Waals surface area (Å²) in [6.45, 7) is 2.65. The van der Waals surface area contributed by atoms with Gasteiger partial charge in [0.05, 0.1) is 18.2 Å². The molecule has 0 radical (unpaired) electrons. The largest absolute Gasteiger partial charge is 0.489 e. The van der Waals surface area contributed by atoms with Gasteiger partial charge in [0.15, 0.2) is 0 Å². The number of carbonyl (C=O) groups is 2. The molecule has 2 N–H and O–H groups in total. The molecule has 1 aliphatic heterocycles. The van der Waals surface area contributed by atoms with Gasteiger partial charge in [-0.25, -0.2) is 0 Å². The minimum absolute atomic E-state index is 0.0846. The van der Waals surface area contributed by atoms with Crippen molar-refractivity contribution in [2.75, 3.05) is 23.8 Å². The highest BCUT2D eigenvalue weighted by Crippen LogP contribution is 2.29. The van der Waals surface area contributed by atoms with Gasteiger partial charge in [-0.05, 0) is 48.7 Å². The molecular weight excluding hydrogens is 380 g/mol. The zero-order valence-electron chi connectivity index (χ0n) is 15.7. The second kappa shape index (κ2) is 9.57. The fraction of sp³-hybridized carbons (Fsp3) is 0.333. The van der Waals surface area contributed by atoms with Crippen LogP contribution in [-0.2, 0) is 20.7 Å². The maximum atomic E-state index is 12.5. The molecule has 7 heteroatoms. The van der Waals surface area contributed by atoms with Crippen molar-refractivity contribution in [2.45, 2.75) is 32.3 Å². The van der Waals surface area contributed by atoms with Crippen molar-refractivity contribution in [3.05, 3.63) is 53.1 Å². The summed E-state index contributed by atoms with van der Waals surface area (Å²) in [7, 11) is 0. The van der Waals surface area contributed by atoms with Crippen LogP contribution in [-0.4, -0.2) is 31.1 Å². The lowest BCUT2D eigenvalue weighted by atomic mass is 10.1. The third kappa shape index (κ3) is 5.97. The second-order valence-corrected chi connectivity index (χ2v) is 7.13. The van der Waals surface area contributed by atoms with Gasteiger partial charge in [-0.2, -0.15) is 0 Å². The van der Waals surface area contributed by atoms with E-state index in [2.05, 4.69) is 10.6 Å². The van der Waals surface area contributed by atoms with Gasteiger partial charge in [-0.15, -0.1) is 0 Å². The highest BCUT2D eigenvalue weighted by molar-refractivity contribution is 6.31. The van der Waals surface area contributed by atoms with Crippen molar-refractivity contribution in [1.29, 1.82) is 0 Å². The molecule has 1 saturated heterocycles. The first kappa shape index (κ1) is 20.2. The Labute approximate surface area is 169 Å². The Bertz CT molecular complexity index is 833. The molecule has 2 amide bonds. The summed E-state index contributed by atoms with van der Waals surface area (Å²) in [5.41, 5.74) is 2.05. The van der Waals surface area contributed by atoms with Gasteiger partial charge < -0.3 is 20.1 Å². The molecule has 0 aliphatic carbocycles. The van der Waals surface area contributed by atoms with E-state index in [1.807, 2.05) is 0 Å². The van der Waals surface area contributed by atoms with Crippen LogP contribution in [0.15, 0.2) is 42.5 Å². The molecule has 1 fully saturated rings. The maximum absolute atomic E-state index is 12.5. The van der Waals surface area contributed by atoms with Crippen molar-refractivity contribution in [2.24, 2.45) is 0 Å². The van der Waals surface area contributed by atoms with E-state index in [0.717, 1.165) is 25.0 Å². The van der Waals surface area contributed by atoms with E-state index in [-0.39, 0.29) is 24.3 Å². The zero-order chi connectivity index (χ0) is 19.9. The van der Waals surface area contributed by atoms with Crippen molar-refractivity contribution >= 4 is 34.8 Å². The molecule has 1 heterocycles. The average Bonchev–Trinajstić information content (AvgIpc) is 3.16. The van der Waals surface area contributed by atoms with Crippen molar-refractivity contribution in [3.8, 4) is 5.75 Å². The van der Waals surface area contributed by atoms with E-state index in [4.69, 9.17) is 21.1 Å². The first-order valence-electron chi connectivity index (χ1n) is 9.20. The molecule has 0 spiro atoms. The van der Waals surface area contributed by atoms with Gasteiger partial charge in [-0.3, -0.25) is 9.59 Å². The molecule has 6 nitrogen and oxygen atoms in total. The monoisotopic (exact) mass is 402 g/mol. The number of halogens is 1. The average molecular weight is 403 g/mol. The van der Waals surface area contributed by atoms with Gasteiger partial charge in [0, 0.05) is 24.2 Å². The number of anilines is 2. The van der Waals surface area contributed by atoms with Crippen LogP contribution in [0.4, 0.5) is 11.4 Å². The normalized spacial score (nSPS) is 15.9. The molecule has 2 aromatic carbocycles. The smallest absolute Gasteiger partial charge is 0.228 e. The minimum Gasteiger partial charge on any atom is -0.489 e. The third-order valence-corrected chi connectivity index (χ3v) is 4.54. The van der Waals surface area contributed by atoms with Crippen LogP contribution >= 0.6 is 11.6 Å². The predicted molar refractivity (Wildman–Crippen MR) is 109 cm³/mol. The molecule has 148 valence electrons. The van der Waals surface area contributed by atoms with Crippen LogP contribution in [0.25, 0.3) is 0 Å². The van der Waals surface area contributed by atoms with Crippen LogP contribution in [0, 0.1) is 0 Å². The molecule has 0 aromatic heterocycles. The van der Waals surface area contributed by atoms with Crippen LogP contribution in [0.2, 0.25) is 5.02 Å². The number of amides is 2. The summed E-state index contributed by atoms with van der Waals surface area (Å²) in [5.74, 6) is 0.243. The van der Waals surface area contributed by atoms with Gasteiger partial charge in [-0.1, -0.05) is 23.7 Å². The van der Waals surface area contributed by atoms with E-state index in [1.54, 1.807) is 42.5 Å². The number of hydrogen-bond acceptors (Lipinski definition) is 4. The number of hydrogen-bond donors (Lipinski definition) is 2. The van der Waals surface area contributed by atoms with Crippen LogP contribution in [0.5, 0.6) is 5.75 Å². The topological polar surface area (TPSA) is 76.7 Å². The third-order valence-electron chi connectivity index (χ3n) is 4.30.